The Morgan fingerprint density at radius 2 is 2.11 bits per heavy atom. The number of aliphatic imine (C=N–C) groups is 1. The van der Waals surface area contributed by atoms with E-state index >= 15 is 0 Å². The van der Waals surface area contributed by atoms with Crippen LogP contribution in [0, 0.1) is 13.8 Å². The number of nitrogens with zero attached hydrogens (tertiary/aromatic N) is 3. The molecule has 0 saturated carbocycles. The Morgan fingerprint density at radius 3 is 2.63 bits per heavy atom. The van der Waals surface area contributed by atoms with Crippen molar-refractivity contribution in [3.05, 3.63) is 39.6 Å². The molecule has 19 heavy (non-hydrogen) atoms. The molecule has 5 heteroatoms. The fourth-order valence-corrected chi connectivity index (χ4v) is 2.41. The third-order valence-corrected chi connectivity index (χ3v) is 3.61. The van der Waals surface area contributed by atoms with Crippen LogP contribution in [0.4, 0.5) is 5.69 Å². The molecule has 0 aliphatic heterocycles. The monoisotopic (exact) mass is 321 g/mol. The van der Waals surface area contributed by atoms with Gasteiger partial charge in [-0.3, -0.25) is 9.67 Å². The zero-order valence-corrected chi connectivity index (χ0v) is 13.0. The third kappa shape index (κ3) is 2.87. The number of ether oxygens (including phenoxy) is 1. The minimum Gasteiger partial charge on any atom is -0.496 e. The van der Waals surface area contributed by atoms with Crippen molar-refractivity contribution in [2.24, 2.45) is 12.0 Å². The highest BCUT2D eigenvalue weighted by atomic mass is 79.9. The summed E-state index contributed by atoms with van der Waals surface area (Å²) in [6, 6.07) is 5.85. The second kappa shape index (κ2) is 5.57. The van der Waals surface area contributed by atoms with Crippen LogP contribution >= 0.6 is 15.9 Å². The van der Waals surface area contributed by atoms with E-state index in [0.29, 0.717) is 0 Å². The van der Waals surface area contributed by atoms with Gasteiger partial charge in [-0.15, -0.1) is 0 Å². The summed E-state index contributed by atoms with van der Waals surface area (Å²) in [4.78, 5) is 4.52. The smallest absolute Gasteiger partial charge is 0.133 e. The first kappa shape index (κ1) is 13.8. The average Bonchev–Trinajstić information content (AvgIpc) is 2.61. The highest BCUT2D eigenvalue weighted by Gasteiger charge is 2.07. The summed E-state index contributed by atoms with van der Waals surface area (Å²) in [5.41, 5.74) is 3.93. The predicted molar refractivity (Wildman–Crippen MR) is 80.6 cm³/mol. The van der Waals surface area contributed by atoms with Crippen LogP contribution in [0.2, 0.25) is 0 Å². The molecule has 1 aromatic heterocycles. The molecule has 2 rings (SSSR count). The van der Waals surface area contributed by atoms with E-state index in [1.165, 1.54) is 0 Å². The molecule has 0 amide bonds. The number of hydrogen-bond acceptors (Lipinski definition) is 3. The Labute approximate surface area is 121 Å². The van der Waals surface area contributed by atoms with E-state index in [-0.39, 0.29) is 0 Å². The van der Waals surface area contributed by atoms with Gasteiger partial charge in [-0.2, -0.15) is 5.10 Å². The van der Waals surface area contributed by atoms with Crippen LogP contribution in [0.3, 0.4) is 0 Å². The predicted octanol–water partition coefficient (Wildman–Crippen LogP) is 3.56. The quantitative estimate of drug-likeness (QED) is 0.811. The number of halogens is 1. The molecule has 0 fully saturated rings. The molecule has 0 saturated heterocycles. The van der Waals surface area contributed by atoms with Crippen molar-refractivity contribution < 1.29 is 4.74 Å². The van der Waals surface area contributed by atoms with E-state index in [1.54, 1.807) is 7.11 Å². The molecule has 1 aromatic carbocycles. The van der Waals surface area contributed by atoms with Gasteiger partial charge in [0.25, 0.3) is 0 Å². The lowest BCUT2D eigenvalue weighted by molar-refractivity contribution is 0.412. The first-order valence-corrected chi connectivity index (χ1v) is 6.70. The summed E-state index contributed by atoms with van der Waals surface area (Å²) < 4.78 is 7.95. The van der Waals surface area contributed by atoms with Gasteiger partial charge in [0.1, 0.15) is 11.4 Å². The molecule has 2 aromatic rings. The molecular weight excluding hydrogens is 306 g/mol. The van der Waals surface area contributed by atoms with Crippen molar-refractivity contribution in [1.82, 2.24) is 9.78 Å². The van der Waals surface area contributed by atoms with Crippen LogP contribution in [0.25, 0.3) is 0 Å². The van der Waals surface area contributed by atoms with E-state index in [4.69, 9.17) is 4.74 Å². The van der Waals surface area contributed by atoms with Crippen LogP contribution in [0.5, 0.6) is 5.75 Å². The van der Waals surface area contributed by atoms with Gasteiger partial charge in [0.05, 0.1) is 23.0 Å². The number of aryl methyl sites for hydroxylation is 2. The van der Waals surface area contributed by atoms with Crippen LogP contribution in [0.1, 0.15) is 17.0 Å². The number of methoxy groups -OCH3 is 1. The second-order valence-electron chi connectivity index (χ2n) is 4.30. The van der Waals surface area contributed by atoms with Gasteiger partial charge in [-0.05, 0) is 53.5 Å². The van der Waals surface area contributed by atoms with E-state index < -0.39 is 0 Å². The second-order valence-corrected chi connectivity index (χ2v) is 5.15. The zero-order valence-electron chi connectivity index (χ0n) is 11.4. The highest BCUT2D eigenvalue weighted by molar-refractivity contribution is 9.10. The molecule has 0 N–H and O–H groups in total. The summed E-state index contributed by atoms with van der Waals surface area (Å²) >= 11 is 3.46. The first-order chi connectivity index (χ1) is 9.02. The Hall–Kier alpha value is -1.62. The normalized spacial score (nSPS) is 11.2. The number of benzene rings is 1. The largest absolute Gasteiger partial charge is 0.496 e. The molecule has 0 bridgehead atoms. The summed E-state index contributed by atoms with van der Waals surface area (Å²) in [5.74, 6) is 0.811. The van der Waals surface area contributed by atoms with Crippen molar-refractivity contribution in [3.63, 3.8) is 0 Å². The fourth-order valence-electron chi connectivity index (χ4n) is 1.85. The maximum atomic E-state index is 5.20. The van der Waals surface area contributed by atoms with Gasteiger partial charge in [-0.1, -0.05) is 0 Å². The minimum atomic E-state index is 0.811. The van der Waals surface area contributed by atoms with Crippen LogP contribution in [-0.2, 0) is 7.05 Å². The average molecular weight is 322 g/mol. The zero-order chi connectivity index (χ0) is 14.0. The summed E-state index contributed by atoms with van der Waals surface area (Å²) in [7, 11) is 3.57. The summed E-state index contributed by atoms with van der Waals surface area (Å²) in [6.07, 6.45) is 1.83. The van der Waals surface area contributed by atoms with E-state index in [0.717, 1.165) is 32.9 Å². The van der Waals surface area contributed by atoms with Crippen molar-refractivity contribution in [1.29, 1.82) is 0 Å². The number of rotatable bonds is 3. The highest BCUT2D eigenvalue weighted by Crippen LogP contribution is 2.26. The first-order valence-electron chi connectivity index (χ1n) is 5.90. The SMILES string of the molecule is COc1ccc(C=Nc2c(C)nn(C)c2C)cc1Br. The van der Waals surface area contributed by atoms with Gasteiger partial charge in [0.2, 0.25) is 0 Å². The molecule has 0 spiro atoms. The standard InChI is InChI=1S/C14H16BrN3O/c1-9-14(10(2)18(3)17-9)16-8-11-5-6-13(19-4)12(15)7-11/h5-8H,1-4H3. The minimum absolute atomic E-state index is 0.811. The van der Waals surface area contributed by atoms with Crippen LogP contribution < -0.4 is 4.74 Å². The number of aromatic nitrogens is 2. The molecule has 0 atom stereocenters. The van der Waals surface area contributed by atoms with E-state index in [2.05, 4.69) is 26.0 Å². The lowest BCUT2D eigenvalue weighted by atomic mass is 10.2. The lowest BCUT2D eigenvalue weighted by Gasteiger charge is -2.03. The molecule has 0 aliphatic rings. The van der Waals surface area contributed by atoms with Gasteiger partial charge in [0, 0.05) is 13.3 Å². The van der Waals surface area contributed by atoms with E-state index in [9.17, 15) is 0 Å². The van der Waals surface area contributed by atoms with Crippen LogP contribution in [-0.4, -0.2) is 23.1 Å². The fraction of sp³-hybridized carbons (Fsp3) is 0.286. The van der Waals surface area contributed by atoms with Crippen molar-refractivity contribution in [2.75, 3.05) is 7.11 Å². The number of hydrogen-bond donors (Lipinski definition) is 0. The maximum absolute atomic E-state index is 5.20. The topological polar surface area (TPSA) is 39.4 Å². The Morgan fingerprint density at radius 1 is 1.37 bits per heavy atom. The van der Waals surface area contributed by atoms with Gasteiger partial charge in [-0.25, -0.2) is 0 Å². The maximum Gasteiger partial charge on any atom is 0.133 e. The summed E-state index contributed by atoms with van der Waals surface area (Å²) in [6.45, 7) is 3.97. The molecule has 1 heterocycles. The molecule has 0 radical (unpaired) electrons. The Kier molecular flexibility index (Phi) is 4.04. The molecular formula is C14H16BrN3O. The lowest BCUT2D eigenvalue weighted by Crippen LogP contribution is -1.92. The Balaban J connectivity index is 2.30. The van der Waals surface area contributed by atoms with Crippen molar-refractivity contribution >= 4 is 27.8 Å². The Bertz CT molecular complexity index is 632. The van der Waals surface area contributed by atoms with E-state index in [1.807, 2.05) is 50.0 Å². The summed E-state index contributed by atoms with van der Waals surface area (Å²) in [5, 5.41) is 4.34. The van der Waals surface area contributed by atoms with Gasteiger partial charge in [0.15, 0.2) is 0 Å². The van der Waals surface area contributed by atoms with Crippen molar-refractivity contribution in [3.8, 4) is 5.75 Å². The van der Waals surface area contributed by atoms with Gasteiger partial charge >= 0.3 is 0 Å². The van der Waals surface area contributed by atoms with Gasteiger partial charge < -0.3 is 4.74 Å². The van der Waals surface area contributed by atoms with Crippen LogP contribution in [0.15, 0.2) is 27.7 Å². The third-order valence-electron chi connectivity index (χ3n) is 2.99. The molecule has 4 nitrogen and oxygen atoms in total. The molecule has 0 unspecified atom stereocenters. The van der Waals surface area contributed by atoms with Crippen molar-refractivity contribution in [2.45, 2.75) is 13.8 Å². The molecule has 0 aliphatic carbocycles. The molecule has 100 valence electrons.